The summed E-state index contributed by atoms with van der Waals surface area (Å²) in [6, 6.07) is 12.8. The highest BCUT2D eigenvalue weighted by Gasteiger charge is 2.20. The Labute approximate surface area is 198 Å². The molecule has 1 aliphatic heterocycles. The molecule has 1 fully saturated rings. The van der Waals surface area contributed by atoms with Crippen LogP contribution in [0.25, 0.3) is 44.3 Å². The molecule has 0 atom stereocenters. The molecule has 5 aromatic rings. The molecule has 0 radical (unpaired) electrons. The minimum Gasteiger partial charge on any atom is -0.376 e. The molecule has 0 aliphatic carbocycles. The number of benzene rings is 1. The zero-order valence-corrected chi connectivity index (χ0v) is 19.7. The number of H-pyrrole nitrogens is 2. The average molecular weight is 453 g/mol. The lowest BCUT2D eigenvalue weighted by molar-refractivity contribution is 0.312. The second-order valence-electron chi connectivity index (χ2n) is 9.23. The van der Waals surface area contributed by atoms with E-state index in [-0.39, 0.29) is 0 Å². The Balaban J connectivity index is 1.42. The zero-order chi connectivity index (χ0) is 23.2. The Bertz CT molecular complexity index is 1470. The summed E-state index contributed by atoms with van der Waals surface area (Å²) in [5.74, 6) is 1.04. The number of hydrogen-bond donors (Lipinski definition) is 2. The van der Waals surface area contributed by atoms with Crippen molar-refractivity contribution in [1.82, 2.24) is 30.0 Å². The number of anilines is 2. The van der Waals surface area contributed by atoms with Gasteiger partial charge >= 0.3 is 0 Å². The fourth-order valence-corrected chi connectivity index (χ4v) is 4.67. The lowest BCUT2D eigenvalue weighted by Crippen LogP contribution is -2.44. The zero-order valence-electron chi connectivity index (χ0n) is 19.7. The van der Waals surface area contributed by atoms with Gasteiger partial charge in [-0.05, 0) is 42.9 Å². The van der Waals surface area contributed by atoms with E-state index in [1.165, 1.54) is 0 Å². The lowest BCUT2D eigenvalue weighted by atomic mass is 10.0. The first kappa shape index (κ1) is 20.7. The number of aromatic nitrogens is 5. The van der Waals surface area contributed by atoms with Gasteiger partial charge < -0.3 is 19.7 Å². The number of piperazine rings is 1. The monoisotopic (exact) mass is 452 g/mol. The predicted octanol–water partition coefficient (Wildman–Crippen LogP) is 3.99. The summed E-state index contributed by atoms with van der Waals surface area (Å²) in [4.78, 5) is 19.6. The van der Waals surface area contributed by atoms with Crippen LogP contribution in [0.3, 0.4) is 0 Å². The molecular weight excluding hydrogens is 424 g/mol. The number of rotatable bonds is 4. The van der Waals surface area contributed by atoms with Crippen molar-refractivity contribution in [2.75, 3.05) is 57.1 Å². The normalized spacial score (nSPS) is 14.9. The maximum absolute atomic E-state index is 4.74. The third-order valence-corrected chi connectivity index (χ3v) is 6.72. The van der Waals surface area contributed by atoms with E-state index in [1.54, 1.807) is 0 Å². The minimum atomic E-state index is 0.911. The van der Waals surface area contributed by atoms with Gasteiger partial charge in [0.1, 0.15) is 11.5 Å². The van der Waals surface area contributed by atoms with Gasteiger partial charge in [-0.1, -0.05) is 6.07 Å². The number of likely N-dealkylation sites (N-methyl/N-ethyl adjacent to an activating group) is 1. The summed E-state index contributed by atoms with van der Waals surface area (Å²) < 4.78 is 0. The van der Waals surface area contributed by atoms with Crippen LogP contribution in [0.5, 0.6) is 0 Å². The largest absolute Gasteiger partial charge is 0.376 e. The molecule has 172 valence electrons. The Morgan fingerprint density at radius 1 is 0.882 bits per heavy atom. The van der Waals surface area contributed by atoms with Crippen molar-refractivity contribution in [2.24, 2.45) is 0 Å². The van der Waals surface area contributed by atoms with Crippen molar-refractivity contribution >= 4 is 33.3 Å². The standard InChI is InChI=1S/C26H28N8/c1-32(2)19-12-18(15-27-16-19)17-4-5-23-20(13-17)25(31-30-23)24-14-21-22(29-24)6-7-28-26(21)34-10-8-33(3)9-11-34/h4-7,12-16,29H,8-11H2,1-3H3,(H,30,31). The van der Waals surface area contributed by atoms with Gasteiger partial charge in [-0.2, -0.15) is 5.10 Å². The topological polar surface area (TPSA) is 80.0 Å². The number of nitrogens with zero attached hydrogens (tertiary/aromatic N) is 6. The number of nitrogens with one attached hydrogen (secondary N) is 2. The quantitative estimate of drug-likeness (QED) is 0.429. The van der Waals surface area contributed by atoms with Crippen LogP contribution >= 0.6 is 0 Å². The molecule has 1 aliphatic rings. The van der Waals surface area contributed by atoms with E-state index in [1.807, 2.05) is 38.8 Å². The summed E-state index contributed by atoms with van der Waals surface area (Å²) in [5.41, 5.74) is 7.25. The van der Waals surface area contributed by atoms with Crippen molar-refractivity contribution in [3.8, 4) is 22.5 Å². The van der Waals surface area contributed by atoms with Crippen LogP contribution in [0.15, 0.2) is 55.0 Å². The molecule has 6 rings (SSSR count). The van der Waals surface area contributed by atoms with Crippen LogP contribution in [-0.2, 0) is 0 Å². The molecule has 34 heavy (non-hydrogen) atoms. The van der Waals surface area contributed by atoms with Crippen molar-refractivity contribution in [3.63, 3.8) is 0 Å². The van der Waals surface area contributed by atoms with Gasteiger partial charge in [0.2, 0.25) is 0 Å². The number of hydrogen-bond acceptors (Lipinski definition) is 6. The van der Waals surface area contributed by atoms with E-state index in [9.17, 15) is 0 Å². The molecule has 0 spiro atoms. The molecule has 0 saturated carbocycles. The number of fused-ring (bicyclic) bond motifs is 2. The van der Waals surface area contributed by atoms with E-state index in [4.69, 9.17) is 4.98 Å². The Morgan fingerprint density at radius 2 is 1.74 bits per heavy atom. The SMILES string of the molecule is CN1CCN(c2nccc3[nH]c(-c4n[nH]c5ccc(-c6cncc(N(C)C)c6)cc45)cc23)CC1. The van der Waals surface area contributed by atoms with Crippen LogP contribution in [0, 0.1) is 0 Å². The third-order valence-electron chi connectivity index (χ3n) is 6.72. The van der Waals surface area contributed by atoms with Gasteiger partial charge in [-0.25, -0.2) is 4.98 Å². The molecule has 0 unspecified atom stereocenters. The second kappa shape index (κ2) is 8.14. The highest BCUT2D eigenvalue weighted by molar-refractivity contribution is 6.00. The van der Waals surface area contributed by atoms with Crippen LogP contribution in [0.4, 0.5) is 11.5 Å². The molecule has 8 heteroatoms. The summed E-state index contributed by atoms with van der Waals surface area (Å²) in [6.45, 7) is 4.06. The fraction of sp³-hybridized carbons (Fsp3) is 0.269. The first-order chi connectivity index (χ1) is 16.6. The van der Waals surface area contributed by atoms with Crippen LogP contribution < -0.4 is 9.80 Å². The van der Waals surface area contributed by atoms with E-state index in [2.05, 4.69) is 72.2 Å². The van der Waals surface area contributed by atoms with Crippen molar-refractivity contribution in [3.05, 3.63) is 55.0 Å². The van der Waals surface area contributed by atoms with Crippen molar-refractivity contribution < 1.29 is 0 Å². The first-order valence-electron chi connectivity index (χ1n) is 11.6. The molecule has 1 aromatic carbocycles. The van der Waals surface area contributed by atoms with E-state index < -0.39 is 0 Å². The molecule has 4 aromatic heterocycles. The number of aromatic amines is 2. The van der Waals surface area contributed by atoms with E-state index >= 15 is 0 Å². The Kier molecular flexibility index (Phi) is 4.95. The fourth-order valence-electron chi connectivity index (χ4n) is 4.67. The highest BCUT2D eigenvalue weighted by atomic mass is 15.3. The van der Waals surface area contributed by atoms with Gasteiger partial charge in [0.25, 0.3) is 0 Å². The predicted molar refractivity (Wildman–Crippen MR) is 138 cm³/mol. The molecular formula is C26H28N8. The summed E-state index contributed by atoms with van der Waals surface area (Å²) in [5, 5.41) is 10.1. The first-order valence-corrected chi connectivity index (χ1v) is 11.6. The minimum absolute atomic E-state index is 0.911. The van der Waals surface area contributed by atoms with Crippen LogP contribution in [-0.4, -0.2) is 77.4 Å². The van der Waals surface area contributed by atoms with Gasteiger partial charge in [-0.3, -0.25) is 10.1 Å². The molecule has 1 saturated heterocycles. The Hall–Kier alpha value is -3.91. The second-order valence-corrected chi connectivity index (χ2v) is 9.23. The molecule has 5 heterocycles. The summed E-state index contributed by atoms with van der Waals surface area (Å²) in [7, 11) is 6.22. The lowest BCUT2D eigenvalue weighted by Gasteiger charge is -2.33. The van der Waals surface area contributed by atoms with Gasteiger partial charge in [0.15, 0.2) is 0 Å². The average Bonchev–Trinajstić information content (AvgIpc) is 3.48. The summed E-state index contributed by atoms with van der Waals surface area (Å²) >= 11 is 0. The van der Waals surface area contributed by atoms with Crippen LogP contribution in [0.2, 0.25) is 0 Å². The molecule has 8 nitrogen and oxygen atoms in total. The molecule has 0 amide bonds. The van der Waals surface area contributed by atoms with Crippen molar-refractivity contribution in [1.29, 1.82) is 0 Å². The van der Waals surface area contributed by atoms with Gasteiger partial charge in [0.05, 0.1) is 28.6 Å². The maximum Gasteiger partial charge on any atom is 0.138 e. The van der Waals surface area contributed by atoms with Crippen molar-refractivity contribution in [2.45, 2.75) is 0 Å². The molecule has 2 N–H and O–H groups in total. The van der Waals surface area contributed by atoms with Gasteiger partial charge in [0, 0.05) is 69.0 Å². The Morgan fingerprint density at radius 3 is 2.56 bits per heavy atom. The third kappa shape index (κ3) is 3.56. The summed E-state index contributed by atoms with van der Waals surface area (Å²) in [6.07, 6.45) is 5.68. The molecule has 0 bridgehead atoms. The van der Waals surface area contributed by atoms with Gasteiger partial charge in [-0.15, -0.1) is 0 Å². The van der Waals surface area contributed by atoms with Crippen LogP contribution in [0.1, 0.15) is 0 Å². The highest BCUT2D eigenvalue weighted by Crippen LogP contribution is 2.34. The smallest absolute Gasteiger partial charge is 0.138 e. The van der Waals surface area contributed by atoms with E-state index in [0.29, 0.717) is 0 Å². The maximum atomic E-state index is 4.74. The van der Waals surface area contributed by atoms with E-state index in [0.717, 1.165) is 82.0 Å². The number of pyridine rings is 2.